The smallest absolute Gasteiger partial charge is 0.137 e. The molecule has 81 valence electrons. The minimum Gasteiger partial charge on any atom is -0.490 e. The van der Waals surface area contributed by atoms with Crippen LogP contribution in [-0.2, 0) is 0 Å². The van der Waals surface area contributed by atoms with Crippen molar-refractivity contribution in [1.29, 1.82) is 0 Å². The fourth-order valence-electron chi connectivity index (χ4n) is 1.90. The van der Waals surface area contributed by atoms with Gasteiger partial charge in [-0.25, -0.2) is 8.78 Å². The van der Waals surface area contributed by atoms with E-state index in [9.17, 15) is 8.78 Å². The Morgan fingerprint density at radius 2 is 1.87 bits per heavy atom. The molecule has 1 aliphatic carbocycles. The fourth-order valence-corrected chi connectivity index (χ4v) is 1.90. The highest BCUT2D eigenvalue weighted by Crippen LogP contribution is 2.24. The third-order valence-electron chi connectivity index (χ3n) is 2.62. The predicted molar refractivity (Wildman–Crippen MR) is 52.7 cm³/mol. The Hall–Kier alpha value is -1.12. The summed E-state index contributed by atoms with van der Waals surface area (Å²) in [4.78, 5) is 0. The van der Waals surface area contributed by atoms with Gasteiger partial charge in [-0.2, -0.15) is 0 Å². The summed E-state index contributed by atoms with van der Waals surface area (Å²) in [5, 5.41) is 0. The van der Waals surface area contributed by atoms with Crippen LogP contribution in [0.25, 0.3) is 0 Å². The molecule has 0 heterocycles. The quantitative estimate of drug-likeness (QED) is 0.727. The van der Waals surface area contributed by atoms with Crippen molar-refractivity contribution in [1.82, 2.24) is 0 Å². The maximum Gasteiger partial charge on any atom is 0.137 e. The number of halogens is 2. The molecule has 0 unspecified atom stereocenters. The van der Waals surface area contributed by atoms with Crippen molar-refractivity contribution in [2.75, 3.05) is 0 Å². The summed E-state index contributed by atoms with van der Waals surface area (Å²) in [6.07, 6.45) is 5.50. The van der Waals surface area contributed by atoms with Gasteiger partial charge in [0.1, 0.15) is 17.4 Å². The first kappa shape index (κ1) is 10.4. The van der Waals surface area contributed by atoms with Crippen LogP contribution in [0.5, 0.6) is 5.75 Å². The highest BCUT2D eigenvalue weighted by Gasteiger charge is 2.15. The standard InChI is InChI=1S/C12H13F2O/c13-9-6-10(14)8-12(7-9)15-11-4-2-1-3-5-11/h6-7,11H,1-5H2. The van der Waals surface area contributed by atoms with Crippen LogP contribution in [0.4, 0.5) is 8.78 Å². The first-order valence-electron chi connectivity index (χ1n) is 5.29. The summed E-state index contributed by atoms with van der Waals surface area (Å²) in [6.45, 7) is 0. The van der Waals surface area contributed by atoms with Gasteiger partial charge in [0.15, 0.2) is 0 Å². The SMILES string of the molecule is Fc1[c]c(OC2CCCCC2)cc(F)c1. The van der Waals surface area contributed by atoms with Crippen LogP contribution in [0, 0.1) is 17.7 Å². The van der Waals surface area contributed by atoms with Crippen molar-refractivity contribution in [2.45, 2.75) is 38.2 Å². The lowest BCUT2D eigenvalue weighted by molar-refractivity contribution is 0.153. The van der Waals surface area contributed by atoms with Crippen LogP contribution in [0.2, 0.25) is 0 Å². The molecular formula is C12H13F2O. The number of hydrogen-bond donors (Lipinski definition) is 0. The molecule has 0 N–H and O–H groups in total. The molecule has 1 aromatic rings. The van der Waals surface area contributed by atoms with Gasteiger partial charge < -0.3 is 4.74 Å². The van der Waals surface area contributed by atoms with Crippen LogP contribution in [0.15, 0.2) is 12.1 Å². The third kappa shape index (κ3) is 2.91. The summed E-state index contributed by atoms with van der Waals surface area (Å²) in [6, 6.07) is 4.34. The molecule has 1 aliphatic rings. The lowest BCUT2D eigenvalue weighted by Crippen LogP contribution is -2.19. The first-order valence-corrected chi connectivity index (χ1v) is 5.29. The molecule has 0 bridgehead atoms. The molecule has 0 aliphatic heterocycles. The lowest BCUT2D eigenvalue weighted by Gasteiger charge is -2.22. The van der Waals surface area contributed by atoms with E-state index in [2.05, 4.69) is 6.07 Å². The average Bonchev–Trinajstić information content (AvgIpc) is 2.17. The monoisotopic (exact) mass is 211 g/mol. The molecule has 1 saturated carbocycles. The van der Waals surface area contributed by atoms with Crippen LogP contribution < -0.4 is 4.74 Å². The summed E-state index contributed by atoms with van der Waals surface area (Å²) in [5.74, 6) is -1.14. The molecule has 0 saturated heterocycles. The molecular weight excluding hydrogens is 198 g/mol. The Morgan fingerprint density at radius 1 is 1.13 bits per heavy atom. The number of rotatable bonds is 2. The van der Waals surface area contributed by atoms with Crippen molar-refractivity contribution >= 4 is 0 Å². The third-order valence-corrected chi connectivity index (χ3v) is 2.62. The lowest BCUT2D eigenvalue weighted by atomic mass is 9.98. The zero-order valence-corrected chi connectivity index (χ0v) is 8.43. The van der Waals surface area contributed by atoms with Gasteiger partial charge in [-0.3, -0.25) is 0 Å². The van der Waals surface area contributed by atoms with E-state index in [1.54, 1.807) is 0 Å². The van der Waals surface area contributed by atoms with E-state index in [0.29, 0.717) is 0 Å². The van der Waals surface area contributed by atoms with E-state index in [4.69, 9.17) is 4.74 Å². The van der Waals surface area contributed by atoms with Gasteiger partial charge in [-0.15, -0.1) is 0 Å². The van der Waals surface area contributed by atoms with Gasteiger partial charge in [0.2, 0.25) is 0 Å². The summed E-state index contributed by atoms with van der Waals surface area (Å²) < 4.78 is 31.1. The topological polar surface area (TPSA) is 9.23 Å². The normalized spacial score (nSPS) is 17.7. The van der Waals surface area contributed by atoms with E-state index >= 15 is 0 Å². The zero-order valence-electron chi connectivity index (χ0n) is 8.43. The van der Waals surface area contributed by atoms with Gasteiger partial charge in [0.25, 0.3) is 0 Å². The molecule has 0 amide bonds. The second-order valence-corrected chi connectivity index (χ2v) is 3.89. The second kappa shape index (κ2) is 4.60. The van der Waals surface area contributed by atoms with E-state index in [1.165, 1.54) is 12.5 Å². The van der Waals surface area contributed by atoms with Crippen LogP contribution >= 0.6 is 0 Å². The molecule has 1 fully saturated rings. The summed E-state index contributed by atoms with van der Waals surface area (Å²) in [7, 11) is 0. The largest absolute Gasteiger partial charge is 0.490 e. The molecule has 2 rings (SSSR count). The van der Waals surface area contributed by atoms with Crippen LogP contribution in [0.3, 0.4) is 0 Å². The fraction of sp³-hybridized carbons (Fsp3) is 0.500. The summed E-state index contributed by atoms with van der Waals surface area (Å²) >= 11 is 0. The zero-order chi connectivity index (χ0) is 10.7. The number of ether oxygens (including phenoxy) is 1. The molecule has 0 spiro atoms. The van der Waals surface area contributed by atoms with E-state index in [-0.39, 0.29) is 11.9 Å². The highest BCUT2D eigenvalue weighted by atomic mass is 19.1. The van der Waals surface area contributed by atoms with Crippen molar-refractivity contribution in [3.63, 3.8) is 0 Å². The van der Waals surface area contributed by atoms with Crippen molar-refractivity contribution < 1.29 is 13.5 Å². The Labute approximate surface area is 88.1 Å². The van der Waals surface area contributed by atoms with Gasteiger partial charge in [0, 0.05) is 12.1 Å². The number of hydrogen-bond acceptors (Lipinski definition) is 1. The van der Waals surface area contributed by atoms with Gasteiger partial charge >= 0.3 is 0 Å². The molecule has 3 heteroatoms. The summed E-state index contributed by atoms with van der Waals surface area (Å²) in [5.41, 5.74) is 0. The minimum absolute atomic E-state index is 0.0937. The van der Waals surface area contributed by atoms with Crippen molar-refractivity contribution in [3.8, 4) is 5.75 Å². The van der Waals surface area contributed by atoms with Crippen molar-refractivity contribution in [2.24, 2.45) is 0 Å². The predicted octanol–water partition coefficient (Wildman–Crippen LogP) is 3.48. The Balaban J connectivity index is 2.02. The Kier molecular flexibility index (Phi) is 3.19. The maximum absolute atomic E-state index is 12.8. The van der Waals surface area contributed by atoms with Gasteiger partial charge in [-0.05, 0) is 25.7 Å². The first-order chi connectivity index (χ1) is 7.24. The highest BCUT2D eigenvalue weighted by molar-refractivity contribution is 5.22. The van der Waals surface area contributed by atoms with Crippen LogP contribution in [-0.4, -0.2) is 6.10 Å². The van der Waals surface area contributed by atoms with Gasteiger partial charge in [0.05, 0.1) is 12.2 Å². The second-order valence-electron chi connectivity index (χ2n) is 3.89. The average molecular weight is 211 g/mol. The van der Waals surface area contributed by atoms with E-state index in [0.717, 1.165) is 31.7 Å². The molecule has 1 radical (unpaired) electrons. The Morgan fingerprint density at radius 3 is 2.53 bits per heavy atom. The Bertz CT molecular complexity index is 312. The van der Waals surface area contributed by atoms with E-state index < -0.39 is 11.6 Å². The molecule has 1 nitrogen and oxygen atoms in total. The van der Waals surface area contributed by atoms with Crippen LogP contribution in [0.1, 0.15) is 32.1 Å². The number of benzene rings is 1. The minimum atomic E-state index is -0.708. The van der Waals surface area contributed by atoms with Gasteiger partial charge in [-0.1, -0.05) is 6.42 Å². The van der Waals surface area contributed by atoms with E-state index in [1.807, 2.05) is 0 Å². The maximum atomic E-state index is 12.8. The molecule has 1 aromatic carbocycles. The molecule has 0 atom stereocenters. The van der Waals surface area contributed by atoms with Crippen molar-refractivity contribution in [3.05, 3.63) is 29.8 Å². The molecule has 0 aromatic heterocycles. The molecule has 15 heavy (non-hydrogen) atoms.